The van der Waals surface area contributed by atoms with Gasteiger partial charge in [-0.2, -0.15) is 0 Å². The summed E-state index contributed by atoms with van der Waals surface area (Å²) in [5.74, 6) is 0. The highest BCUT2D eigenvalue weighted by atomic mass is 14.1. The number of allylic oxidation sites excluding steroid dienone is 4. The van der Waals surface area contributed by atoms with Crippen LogP contribution in [0.2, 0.25) is 0 Å². The van der Waals surface area contributed by atoms with Crippen molar-refractivity contribution in [2.45, 2.75) is 59.8 Å². The fraction of sp³-hybridized carbons (Fsp3) is 0.692. The highest BCUT2D eigenvalue weighted by molar-refractivity contribution is 5.14. The standard InChI is InChI=1S/C13H24/c1-5-9-12(7-3)11-13(8-4)10-6-2/h7-8H,5-6,9-11H2,1-4H3. The topological polar surface area (TPSA) is 0 Å². The second-order valence-corrected chi connectivity index (χ2v) is 3.57. The molecule has 0 radical (unpaired) electrons. The molecule has 0 saturated heterocycles. The maximum Gasteiger partial charge on any atom is -0.0109 e. The Bertz CT molecular complexity index is 152. The van der Waals surface area contributed by atoms with Crippen LogP contribution in [0.5, 0.6) is 0 Å². The summed E-state index contributed by atoms with van der Waals surface area (Å²) in [5.41, 5.74) is 3.20. The maximum atomic E-state index is 2.28. The summed E-state index contributed by atoms with van der Waals surface area (Å²) in [4.78, 5) is 0. The smallest absolute Gasteiger partial charge is 0.0109 e. The molecular formula is C13H24. The van der Waals surface area contributed by atoms with Crippen LogP contribution in [0.3, 0.4) is 0 Å². The van der Waals surface area contributed by atoms with Crippen molar-refractivity contribution in [3.05, 3.63) is 23.3 Å². The van der Waals surface area contributed by atoms with Crippen LogP contribution < -0.4 is 0 Å². The molecule has 0 heteroatoms. The van der Waals surface area contributed by atoms with Crippen LogP contribution in [0, 0.1) is 0 Å². The molecule has 0 aromatic carbocycles. The molecule has 0 aliphatic carbocycles. The van der Waals surface area contributed by atoms with Gasteiger partial charge in [0.05, 0.1) is 0 Å². The molecule has 0 aromatic heterocycles. The Morgan fingerprint density at radius 1 is 0.846 bits per heavy atom. The van der Waals surface area contributed by atoms with Crippen LogP contribution in [-0.4, -0.2) is 0 Å². The maximum absolute atomic E-state index is 2.28. The molecule has 0 aliphatic rings. The van der Waals surface area contributed by atoms with Crippen molar-refractivity contribution in [1.29, 1.82) is 0 Å². The largest absolute Gasteiger partial charge is 0.0881 e. The lowest BCUT2D eigenvalue weighted by Gasteiger charge is -2.08. The predicted molar refractivity (Wildman–Crippen MR) is 61.9 cm³/mol. The van der Waals surface area contributed by atoms with Crippen LogP contribution in [0.25, 0.3) is 0 Å². The highest BCUT2D eigenvalue weighted by Gasteiger charge is 1.99. The average Bonchev–Trinajstić information content (AvgIpc) is 2.16. The minimum atomic E-state index is 1.20. The van der Waals surface area contributed by atoms with Gasteiger partial charge in [-0.1, -0.05) is 50.0 Å². The van der Waals surface area contributed by atoms with Crippen molar-refractivity contribution in [3.63, 3.8) is 0 Å². The van der Waals surface area contributed by atoms with Gasteiger partial charge in [-0.3, -0.25) is 0 Å². The Morgan fingerprint density at radius 2 is 1.23 bits per heavy atom. The van der Waals surface area contributed by atoms with E-state index >= 15 is 0 Å². The molecule has 0 aromatic rings. The van der Waals surface area contributed by atoms with Gasteiger partial charge >= 0.3 is 0 Å². The highest BCUT2D eigenvalue weighted by Crippen LogP contribution is 2.19. The van der Waals surface area contributed by atoms with E-state index in [9.17, 15) is 0 Å². The zero-order chi connectivity index (χ0) is 10.1. The van der Waals surface area contributed by atoms with Gasteiger partial charge in [0.2, 0.25) is 0 Å². The van der Waals surface area contributed by atoms with Crippen molar-refractivity contribution in [1.82, 2.24) is 0 Å². The molecule has 0 rings (SSSR count). The van der Waals surface area contributed by atoms with Crippen molar-refractivity contribution in [2.75, 3.05) is 0 Å². The molecule has 0 unspecified atom stereocenters. The van der Waals surface area contributed by atoms with Crippen LogP contribution in [-0.2, 0) is 0 Å². The Balaban J connectivity index is 4.05. The summed E-state index contributed by atoms with van der Waals surface area (Å²) < 4.78 is 0. The van der Waals surface area contributed by atoms with E-state index in [0.717, 1.165) is 0 Å². The Kier molecular flexibility index (Phi) is 7.77. The summed E-state index contributed by atoms with van der Waals surface area (Å²) in [6.45, 7) is 8.81. The second kappa shape index (κ2) is 8.10. The lowest BCUT2D eigenvalue weighted by atomic mass is 9.98. The zero-order valence-corrected chi connectivity index (χ0v) is 9.69. The molecule has 0 aliphatic heterocycles. The van der Waals surface area contributed by atoms with Crippen molar-refractivity contribution in [3.8, 4) is 0 Å². The monoisotopic (exact) mass is 180 g/mol. The summed E-state index contributed by atoms with van der Waals surface area (Å²) in [5, 5.41) is 0. The summed E-state index contributed by atoms with van der Waals surface area (Å²) in [6.07, 6.45) is 10.8. The van der Waals surface area contributed by atoms with Crippen LogP contribution in [0.1, 0.15) is 59.8 Å². The van der Waals surface area contributed by atoms with Crippen LogP contribution in [0.15, 0.2) is 23.3 Å². The van der Waals surface area contributed by atoms with Gasteiger partial charge in [-0.15, -0.1) is 0 Å². The lowest BCUT2D eigenvalue weighted by molar-refractivity contribution is 0.813. The summed E-state index contributed by atoms with van der Waals surface area (Å²) in [7, 11) is 0. The van der Waals surface area contributed by atoms with Gasteiger partial charge in [0.25, 0.3) is 0 Å². The molecule has 0 fully saturated rings. The molecule has 0 nitrogen and oxygen atoms in total. The molecule has 0 N–H and O–H groups in total. The van der Waals surface area contributed by atoms with E-state index in [0.29, 0.717) is 0 Å². The zero-order valence-electron chi connectivity index (χ0n) is 9.69. The molecule has 0 bridgehead atoms. The molecule has 13 heavy (non-hydrogen) atoms. The minimum Gasteiger partial charge on any atom is -0.0881 e. The molecule has 76 valence electrons. The minimum absolute atomic E-state index is 1.20. The predicted octanol–water partition coefficient (Wildman–Crippen LogP) is 4.87. The first kappa shape index (κ1) is 12.5. The fourth-order valence-corrected chi connectivity index (χ4v) is 1.60. The lowest BCUT2D eigenvalue weighted by Crippen LogP contribution is -1.88. The van der Waals surface area contributed by atoms with Gasteiger partial charge < -0.3 is 0 Å². The van der Waals surface area contributed by atoms with E-state index in [-0.39, 0.29) is 0 Å². The fourth-order valence-electron chi connectivity index (χ4n) is 1.60. The number of rotatable bonds is 6. The third-order valence-electron chi connectivity index (χ3n) is 2.41. The van der Waals surface area contributed by atoms with Gasteiger partial charge in [-0.05, 0) is 33.1 Å². The van der Waals surface area contributed by atoms with Crippen LogP contribution >= 0.6 is 0 Å². The van der Waals surface area contributed by atoms with E-state index in [4.69, 9.17) is 0 Å². The third-order valence-corrected chi connectivity index (χ3v) is 2.41. The first-order valence-electron chi connectivity index (χ1n) is 5.56. The first-order valence-corrected chi connectivity index (χ1v) is 5.56. The first-order chi connectivity index (χ1) is 6.28. The Morgan fingerprint density at radius 3 is 1.46 bits per heavy atom. The van der Waals surface area contributed by atoms with E-state index in [1.54, 1.807) is 11.1 Å². The van der Waals surface area contributed by atoms with Crippen LogP contribution in [0.4, 0.5) is 0 Å². The van der Waals surface area contributed by atoms with Crippen molar-refractivity contribution < 1.29 is 0 Å². The molecule has 0 spiro atoms. The van der Waals surface area contributed by atoms with Crippen molar-refractivity contribution >= 4 is 0 Å². The third kappa shape index (κ3) is 5.68. The molecule has 0 heterocycles. The molecule has 0 amide bonds. The Hall–Kier alpha value is -0.520. The summed E-state index contributed by atoms with van der Waals surface area (Å²) >= 11 is 0. The van der Waals surface area contributed by atoms with Gasteiger partial charge in [-0.25, -0.2) is 0 Å². The van der Waals surface area contributed by atoms with E-state index in [1.807, 2.05) is 0 Å². The number of hydrogen-bond donors (Lipinski definition) is 0. The van der Waals surface area contributed by atoms with E-state index in [2.05, 4.69) is 39.8 Å². The van der Waals surface area contributed by atoms with Gasteiger partial charge in [0.1, 0.15) is 0 Å². The van der Waals surface area contributed by atoms with Gasteiger partial charge in [0.15, 0.2) is 0 Å². The SMILES string of the molecule is CC=C(CCC)CC(=CC)CCC. The average molecular weight is 180 g/mol. The normalized spacial score (nSPS) is 13.5. The van der Waals surface area contributed by atoms with E-state index < -0.39 is 0 Å². The quantitative estimate of drug-likeness (QED) is 0.512. The number of hydrogen-bond acceptors (Lipinski definition) is 0. The van der Waals surface area contributed by atoms with E-state index in [1.165, 1.54) is 32.1 Å². The van der Waals surface area contributed by atoms with Crippen molar-refractivity contribution in [2.24, 2.45) is 0 Å². The van der Waals surface area contributed by atoms with Gasteiger partial charge in [0, 0.05) is 0 Å². The molecular weight excluding hydrogens is 156 g/mol. The second-order valence-electron chi connectivity index (χ2n) is 3.57. The Labute approximate surface area is 83.7 Å². The molecule has 0 atom stereocenters. The summed E-state index contributed by atoms with van der Waals surface area (Å²) in [6, 6.07) is 0. The molecule has 0 saturated carbocycles.